The zero-order valence-corrected chi connectivity index (χ0v) is 20.4. The number of ketones is 1. The lowest BCUT2D eigenvalue weighted by atomic mass is 9.67. The molecule has 0 fully saturated rings. The Morgan fingerprint density at radius 3 is 2.21 bits per heavy atom. The van der Waals surface area contributed by atoms with Gasteiger partial charge in [-0.1, -0.05) is 13.8 Å². The lowest BCUT2D eigenvalue weighted by Crippen LogP contribution is -2.39. The third-order valence-corrected chi connectivity index (χ3v) is 6.13. The van der Waals surface area contributed by atoms with Crippen molar-refractivity contribution >= 4 is 17.5 Å². The van der Waals surface area contributed by atoms with E-state index < -0.39 is 17.8 Å². The third-order valence-electron chi connectivity index (χ3n) is 6.13. The Labute approximate surface area is 194 Å². The number of ether oxygens (including phenoxy) is 5. The molecule has 0 spiro atoms. The molecule has 1 aromatic rings. The number of methoxy groups -OCH3 is 4. The highest BCUT2D eigenvalue weighted by atomic mass is 16.6. The fourth-order valence-electron chi connectivity index (χ4n) is 4.71. The molecule has 0 aromatic heterocycles. The molecule has 8 heteroatoms. The molecule has 3 rings (SSSR count). The zero-order chi connectivity index (χ0) is 24.3. The molecule has 0 bridgehead atoms. The van der Waals surface area contributed by atoms with Crippen molar-refractivity contribution in [3.63, 3.8) is 0 Å². The van der Waals surface area contributed by atoms with Gasteiger partial charge in [-0.25, -0.2) is 0 Å². The van der Waals surface area contributed by atoms with Gasteiger partial charge in [0.25, 0.3) is 0 Å². The highest BCUT2D eigenvalue weighted by Crippen LogP contribution is 2.50. The van der Waals surface area contributed by atoms with Crippen molar-refractivity contribution in [2.45, 2.75) is 39.5 Å². The van der Waals surface area contributed by atoms with Crippen LogP contribution in [0.5, 0.6) is 17.2 Å². The van der Waals surface area contributed by atoms with Crippen LogP contribution in [0.1, 0.15) is 45.1 Å². The van der Waals surface area contributed by atoms with Gasteiger partial charge >= 0.3 is 5.97 Å². The molecule has 33 heavy (non-hydrogen) atoms. The Morgan fingerprint density at radius 2 is 1.67 bits per heavy atom. The minimum atomic E-state index is -0.756. The lowest BCUT2D eigenvalue weighted by molar-refractivity contribution is -0.147. The Morgan fingerprint density at radius 1 is 1.03 bits per heavy atom. The summed E-state index contributed by atoms with van der Waals surface area (Å²) in [5.41, 5.74) is 2.40. The summed E-state index contributed by atoms with van der Waals surface area (Å²) in [7, 11) is 6.13. The molecule has 0 saturated heterocycles. The van der Waals surface area contributed by atoms with Gasteiger partial charge < -0.3 is 23.7 Å². The second-order valence-electron chi connectivity index (χ2n) is 9.13. The topological polar surface area (TPSA) is 92.7 Å². The summed E-state index contributed by atoms with van der Waals surface area (Å²) in [6, 6.07) is 3.58. The third kappa shape index (κ3) is 4.90. The number of rotatable bonds is 8. The number of allylic oxidation sites excluding steroid dienone is 2. The number of esters is 1. The van der Waals surface area contributed by atoms with Crippen molar-refractivity contribution < 1.29 is 33.3 Å². The second-order valence-corrected chi connectivity index (χ2v) is 9.13. The van der Waals surface area contributed by atoms with Crippen LogP contribution in [0.2, 0.25) is 0 Å². The van der Waals surface area contributed by atoms with E-state index in [0.717, 1.165) is 5.70 Å². The molecule has 0 N–H and O–H groups in total. The van der Waals surface area contributed by atoms with Crippen LogP contribution in [0, 0.1) is 11.3 Å². The predicted octanol–water partition coefficient (Wildman–Crippen LogP) is 3.72. The van der Waals surface area contributed by atoms with Crippen molar-refractivity contribution in [2.24, 2.45) is 16.3 Å². The van der Waals surface area contributed by atoms with Gasteiger partial charge in [0.05, 0.1) is 27.9 Å². The first-order valence-electron chi connectivity index (χ1n) is 10.9. The summed E-state index contributed by atoms with van der Waals surface area (Å²) in [6.45, 7) is 6.32. The first-order chi connectivity index (χ1) is 15.7. The predicted molar refractivity (Wildman–Crippen MR) is 123 cm³/mol. The standard InChI is InChI=1S/C25H33NO7/c1-14-20(24(28)33-9-8-29-4)21(22-16(26-14)12-25(2,3)13-17(22)27)15-10-18(30-5)23(32-7)19(11-15)31-6/h10-11,20-21H,8-9,12-13H2,1-7H3/t20?,21-/m1/s1. The van der Waals surface area contributed by atoms with Gasteiger partial charge in [-0.3, -0.25) is 14.6 Å². The van der Waals surface area contributed by atoms with E-state index in [1.807, 2.05) is 6.92 Å². The van der Waals surface area contributed by atoms with Crippen LogP contribution in [-0.4, -0.2) is 59.1 Å². The van der Waals surface area contributed by atoms with E-state index in [4.69, 9.17) is 28.7 Å². The number of Topliss-reactive ketones (excluding diaryl/α,β-unsaturated/α-hetero) is 1. The minimum absolute atomic E-state index is 0.00839. The molecule has 1 aromatic carbocycles. The van der Waals surface area contributed by atoms with E-state index >= 15 is 0 Å². The minimum Gasteiger partial charge on any atom is -0.493 e. The van der Waals surface area contributed by atoms with E-state index in [1.54, 1.807) is 19.2 Å². The molecule has 0 radical (unpaired) electrons. The maximum atomic E-state index is 13.4. The number of nitrogens with zero attached hydrogens (tertiary/aromatic N) is 1. The van der Waals surface area contributed by atoms with Gasteiger partial charge in [-0.05, 0) is 36.5 Å². The molecule has 8 nitrogen and oxygen atoms in total. The largest absolute Gasteiger partial charge is 0.493 e. The monoisotopic (exact) mass is 459 g/mol. The first kappa shape index (κ1) is 24.8. The van der Waals surface area contributed by atoms with Gasteiger partial charge in [0.15, 0.2) is 17.3 Å². The number of carbonyl (C=O) groups is 2. The van der Waals surface area contributed by atoms with E-state index in [2.05, 4.69) is 13.8 Å². The number of benzene rings is 1. The number of carbonyl (C=O) groups excluding carboxylic acids is 2. The van der Waals surface area contributed by atoms with Crippen LogP contribution in [0.3, 0.4) is 0 Å². The molecule has 0 amide bonds. The van der Waals surface area contributed by atoms with Gasteiger partial charge in [0, 0.05) is 36.4 Å². The zero-order valence-electron chi connectivity index (χ0n) is 20.4. The maximum Gasteiger partial charge on any atom is 0.315 e. The summed E-state index contributed by atoms with van der Waals surface area (Å²) in [4.78, 5) is 31.4. The van der Waals surface area contributed by atoms with E-state index in [0.29, 0.717) is 46.9 Å². The van der Waals surface area contributed by atoms with E-state index in [-0.39, 0.29) is 24.4 Å². The Hall–Kier alpha value is -2.87. The number of hydrogen-bond acceptors (Lipinski definition) is 8. The Balaban J connectivity index is 2.19. The van der Waals surface area contributed by atoms with Crippen molar-refractivity contribution in [1.29, 1.82) is 0 Å². The highest BCUT2D eigenvalue weighted by molar-refractivity contribution is 6.09. The van der Waals surface area contributed by atoms with Crippen LogP contribution < -0.4 is 14.2 Å². The maximum absolute atomic E-state index is 13.4. The number of aliphatic imine (C=N–C) groups is 1. The molecule has 1 aliphatic carbocycles. The summed E-state index contributed by atoms with van der Waals surface area (Å²) in [6.07, 6.45) is 1.03. The summed E-state index contributed by atoms with van der Waals surface area (Å²) in [5, 5.41) is 0. The molecule has 180 valence electrons. The number of hydrogen-bond donors (Lipinski definition) is 0. The smallest absolute Gasteiger partial charge is 0.315 e. The molecule has 2 aliphatic rings. The van der Waals surface area contributed by atoms with Crippen LogP contribution in [0.15, 0.2) is 28.4 Å². The first-order valence-corrected chi connectivity index (χ1v) is 10.9. The Bertz CT molecular complexity index is 967. The van der Waals surface area contributed by atoms with Crippen molar-refractivity contribution in [2.75, 3.05) is 41.7 Å². The normalized spacial score (nSPS) is 21.8. The molecular formula is C25H33NO7. The lowest BCUT2D eigenvalue weighted by Gasteiger charge is -2.39. The highest BCUT2D eigenvalue weighted by Gasteiger charge is 2.46. The molecule has 1 heterocycles. The van der Waals surface area contributed by atoms with Crippen molar-refractivity contribution in [1.82, 2.24) is 0 Å². The van der Waals surface area contributed by atoms with Crippen molar-refractivity contribution in [3.8, 4) is 17.2 Å². The van der Waals surface area contributed by atoms with E-state index in [9.17, 15) is 9.59 Å². The quantitative estimate of drug-likeness (QED) is 0.432. The second kappa shape index (κ2) is 9.95. The summed E-state index contributed by atoms with van der Waals surface area (Å²) in [5.74, 6) is -0.455. The fraction of sp³-hybridized carbons (Fsp3) is 0.560. The Kier molecular flexibility index (Phi) is 7.47. The fourth-order valence-corrected chi connectivity index (χ4v) is 4.71. The summed E-state index contributed by atoms with van der Waals surface area (Å²) >= 11 is 0. The molecule has 2 atom stereocenters. The van der Waals surface area contributed by atoms with Gasteiger partial charge in [0.2, 0.25) is 5.75 Å². The average molecular weight is 460 g/mol. The van der Waals surface area contributed by atoms with Gasteiger partial charge in [-0.15, -0.1) is 0 Å². The molecule has 1 aliphatic heterocycles. The van der Waals surface area contributed by atoms with Crippen LogP contribution in [-0.2, 0) is 19.1 Å². The van der Waals surface area contributed by atoms with Gasteiger partial charge in [-0.2, -0.15) is 0 Å². The van der Waals surface area contributed by atoms with Crippen molar-refractivity contribution in [3.05, 3.63) is 29.0 Å². The molecule has 1 unspecified atom stereocenters. The van der Waals surface area contributed by atoms with Crippen LogP contribution in [0.25, 0.3) is 0 Å². The van der Waals surface area contributed by atoms with Gasteiger partial charge in [0.1, 0.15) is 12.5 Å². The summed E-state index contributed by atoms with van der Waals surface area (Å²) < 4.78 is 27.0. The van der Waals surface area contributed by atoms with Crippen LogP contribution in [0.4, 0.5) is 0 Å². The molecule has 0 saturated carbocycles. The molecular weight excluding hydrogens is 426 g/mol. The van der Waals surface area contributed by atoms with E-state index in [1.165, 1.54) is 21.3 Å². The van der Waals surface area contributed by atoms with Crippen LogP contribution >= 0.6 is 0 Å². The average Bonchev–Trinajstić information content (AvgIpc) is 2.76. The SMILES string of the molecule is COCCOC(=O)C1C(C)=NC2=C(C(=O)CC(C)(C)C2)[C@@H]1c1cc(OC)c(OC)c(OC)c1.